The molecule has 1 aliphatic rings. The monoisotopic (exact) mass is 338 g/mol. The summed E-state index contributed by atoms with van der Waals surface area (Å²) < 4.78 is 1.06. The Balaban J connectivity index is 1.81. The van der Waals surface area contributed by atoms with E-state index in [1.165, 1.54) is 25.7 Å². The number of aryl methyl sites for hydroxylation is 1. The van der Waals surface area contributed by atoms with Gasteiger partial charge in [-0.05, 0) is 49.4 Å². The van der Waals surface area contributed by atoms with Crippen molar-refractivity contribution in [2.45, 2.75) is 45.6 Å². The molecule has 3 nitrogen and oxygen atoms in total. The quantitative estimate of drug-likeness (QED) is 0.874. The molecule has 0 unspecified atom stereocenters. The van der Waals surface area contributed by atoms with Gasteiger partial charge < -0.3 is 10.6 Å². The zero-order valence-corrected chi connectivity index (χ0v) is 13.8. The van der Waals surface area contributed by atoms with Gasteiger partial charge in [-0.25, -0.2) is 0 Å². The molecule has 0 aromatic heterocycles. The molecule has 20 heavy (non-hydrogen) atoms. The first-order valence-electron chi connectivity index (χ1n) is 7.35. The third kappa shape index (κ3) is 4.32. The Morgan fingerprint density at radius 1 is 1.35 bits per heavy atom. The lowest BCUT2D eigenvalue weighted by atomic mass is 9.86. The van der Waals surface area contributed by atoms with Crippen molar-refractivity contribution in [2.75, 3.05) is 11.9 Å². The number of amides is 1. The molecule has 0 aliphatic heterocycles. The molecule has 1 aromatic carbocycles. The van der Waals surface area contributed by atoms with Crippen molar-refractivity contribution >= 4 is 27.5 Å². The Hall–Kier alpha value is -0.870. The highest BCUT2D eigenvalue weighted by Gasteiger charge is 2.21. The van der Waals surface area contributed by atoms with Crippen LogP contribution in [0.4, 0.5) is 5.69 Å². The van der Waals surface area contributed by atoms with E-state index in [1.54, 1.807) is 0 Å². The molecule has 4 heteroatoms. The van der Waals surface area contributed by atoms with Crippen molar-refractivity contribution in [3.8, 4) is 0 Å². The summed E-state index contributed by atoms with van der Waals surface area (Å²) in [5.74, 6) is 0.705. The van der Waals surface area contributed by atoms with Crippen LogP contribution >= 0.6 is 15.9 Å². The number of anilines is 1. The van der Waals surface area contributed by atoms with Gasteiger partial charge in [0.2, 0.25) is 5.91 Å². The fourth-order valence-electron chi connectivity index (χ4n) is 2.77. The van der Waals surface area contributed by atoms with Gasteiger partial charge in [-0.15, -0.1) is 0 Å². The van der Waals surface area contributed by atoms with E-state index in [0.29, 0.717) is 18.5 Å². The number of carbonyl (C=O) groups is 1. The smallest absolute Gasteiger partial charge is 0.238 e. The van der Waals surface area contributed by atoms with E-state index in [-0.39, 0.29) is 5.91 Å². The topological polar surface area (TPSA) is 41.1 Å². The van der Waals surface area contributed by atoms with Crippen LogP contribution in [0.5, 0.6) is 0 Å². The van der Waals surface area contributed by atoms with Crippen LogP contribution in [0.25, 0.3) is 0 Å². The van der Waals surface area contributed by atoms with Crippen LogP contribution in [0.15, 0.2) is 22.7 Å². The summed E-state index contributed by atoms with van der Waals surface area (Å²) in [4.78, 5) is 12.0. The summed E-state index contributed by atoms with van der Waals surface area (Å²) in [6, 6.07) is 6.34. The maximum absolute atomic E-state index is 12.0. The van der Waals surface area contributed by atoms with Gasteiger partial charge >= 0.3 is 0 Å². The maximum atomic E-state index is 12.0. The number of rotatable bonds is 4. The fourth-order valence-corrected chi connectivity index (χ4v) is 3.02. The molecular weight excluding hydrogens is 316 g/mol. The Morgan fingerprint density at radius 2 is 2.10 bits per heavy atom. The molecule has 2 atom stereocenters. The average Bonchev–Trinajstić information content (AvgIpc) is 2.42. The standard InChI is InChI=1S/C16H23BrN2O/c1-11-5-3-4-6-15(11)18-10-16(20)19-13-7-8-14(17)12(2)9-13/h7-9,11,15,18H,3-6,10H2,1-2H3,(H,19,20)/t11-,15+/m1/s1. The maximum Gasteiger partial charge on any atom is 0.238 e. The zero-order chi connectivity index (χ0) is 14.5. The van der Waals surface area contributed by atoms with E-state index in [1.807, 2.05) is 25.1 Å². The number of halogens is 1. The first-order valence-corrected chi connectivity index (χ1v) is 8.15. The molecule has 0 spiro atoms. The predicted molar refractivity (Wildman–Crippen MR) is 86.9 cm³/mol. The molecule has 110 valence electrons. The second kappa shape index (κ2) is 7.23. The van der Waals surface area contributed by atoms with E-state index >= 15 is 0 Å². The molecule has 0 bridgehead atoms. The minimum absolute atomic E-state index is 0.0319. The Labute approximate surface area is 129 Å². The summed E-state index contributed by atoms with van der Waals surface area (Å²) >= 11 is 3.46. The molecule has 0 radical (unpaired) electrons. The van der Waals surface area contributed by atoms with Gasteiger partial charge in [0.15, 0.2) is 0 Å². The number of hydrogen-bond donors (Lipinski definition) is 2. The van der Waals surface area contributed by atoms with Crippen molar-refractivity contribution in [3.05, 3.63) is 28.2 Å². The zero-order valence-electron chi connectivity index (χ0n) is 12.2. The molecule has 1 fully saturated rings. The van der Waals surface area contributed by atoms with E-state index in [2.05, 4.69) is 33.5 Å². The van der Waals surface area contributed by atoms with Crippen LogP contribution in [0.3, 0.4) is 0 Å². The predicted octanol–water partition coefficient (Wildman–Crippen LogP) is 3.86. The Morgan fingerprint density at radius 3 is 2.80 bits per heavy atom. The molecule has 1 aromatic rings. The van der Waals surface area contributed by atoms with Gasteiger partial charge in [-0.1, -0.05) is 35.7 Å². The summed E-state index contributed by atoms with van der Waals surface area (Å²) in [5, 5.41) is 6.34. The van der Waals surface area contributed by atoms with Crippen molar-refractivity contribution in [1.82, 2.24) is 5.32 Å². The lowest BCUT2D eigenvalue weighted by Gasteiger charge is -2.29. The molecule has 2 N–H and O–H groups in total. The van der Waals surface area contributed by atoms with Crippen LogP contribution in [0.2, 0.25) is 0 Å². The minimum atomic E-state index is 0.0319. The Kier molecular flexibility index (Phi) is 5.61. The van der Waals surface area contributed by atoms with E-state index in [4.69, 9.17) is 0 Å². The first-order chi connectivity index (χ1) is 9.56. The molecule has 2 rings (SSSR count). The highest BCUT2D eigenvalue weighted by Crippen LogP contribution is 2.23. The van der Waals surface area contributed by atoms with E-state index in [0.717, 1.165) is 15.7 Å². The molecule has 0 heterocycles. The summed E-state index contributed by atoms with van der Waals surface area (Å²) in [6.45, 7) is 4.68. The summed E-state index contributed by atoms with van der Waals surface area (Å²) in [5.41, 5.74) is 1.98. The highest BCUT2D eigenvalue weighted by molar-refractivity contribution is 9.10. The fraction of sp³-hybridized carbons (Fsp3) is 0.562. The average molecular weight is 339 g/mol. The Bertz CT molecular complexity index is 476. The third-order valence-corrected chi connectivity index (χ3v) is 4.97. The molecular formula is C16H23BrN2O. The number of benzene rings is 1. The van der Waals surface area contributed by atoms with Crippen molar-refractivity contribution < 1.29 is 4.79 Å². The lowest BCUT2D eigenvalue weighted by molar-refractivity contribution is -0.115. The van der Waals surface area contributed by atoms with E-state index in [9.17, 15) is 4.79 Å². The minimum Gasteiger partial charge on any atom is -0.325 e. The van der Waals surface area contributed by atoms with Crippen molar-refractivity contribution in [3.63, 3.8) is 0 Å². The summed E-state index contributed by atoms with van der Waals surface area (Å²) in [6.07, 6.45) is 5.05. The van der Waals surface area contributed by atoms with Crippen LogP contribution in [0.1, 0.15) is 38.2 Å². The van der Waals surface area contributed by atoms with Crippen LogP contribution in [0, 0.1) is 12.8 Å². The third-order valence-electron chi connectivity index (χ3n) is 4.08. The number of carbonyl (C=O) groups excluding carboxylic acids is 1. The van der Waals surface area contributed by atoms with Gasteiger partial charge in [0.05, 0.1) is 6.54 Å². The van der Waals surface area contributed by atoms with Crippen LogP contribution < -0.4 is 10.6 Å². The second-order valence-electron chi connectivity index (χ2n) is 5.76. The van der Waals surface area contributed by atoms with Crippen LogP contribution in [-0.4, -0.2) is 18.5 Å². The number of nitrogens with one attached hydrogen (secondary N) is 2. The van der Waals surface area contributed by atoms with Crippen molar-refractivity contribution in [1.29, 1.82) is 0 Å². The molecule has 1 aliphatic carbocycles. The molecule has 0 saturated heterocycles. The second-order valence-corrected chi connectivity index (χ2v) is 6.62. The largest absolute Gasteiger partial charge is 0.325 e. The van der Waals surface area contributed by atoms with Crippen LogP contribution in [-0.2, 0) is 4.79 Å². The van der Waals surface area contributed by atoms with Gasteiger partial charge in [0, 0.05) is 16.2 Å². The van der Waals surface area contributed by atoms with Crippen molar-refractivity contribution in [2.24, 2.45) is 5.92 Å². The van der Waals surface area contributed by atoms with E-state index < -0.39 is 0 Å². The summed E-state index contributed by atoms with van der Waals surface area (Å²) in [7, 11) is 0. The molecule has 1 saturated carbocycles. The lowest BCUT2D eigenvalue weighted by Crippen LogP contribution is -2.41. The first kappa shape index (κ1) is 15.5. The normalized spacial score (nSPS) is 22.6. The van der Waals surface area contributed by atoms with Gasteiger partial charge in [0.1, 0.15) is 0 Å². The highest BCUT2D eigenvalue weighted by atomic mass is 79.9. The van der Waals surface area contributed by atoms with Gasteiger partial charge in [-0.2, -0.15) is 0 Å². The number of hydrogen-bond acceptors (Lipinski definition) is 2. The molecule has 1 amide bonds. The van der Waals surface area contributed by atoms with Gasteiger partial charge in [-0.3, -0.25) is 4.79 Å². The SMILES string of the molecule is Cc1cc(NC(=O)CN[C@H]2CCCC[C@H]2C)ccc1Br. The van der Waals surface area contributed by atoms with Gasteiger partial charge in [0.25, 0.3) is 0 Å².